The second-order valence-electron chi connectivity index (χ2n) is 5.77. The van der Waals surface area contributed by atoms with Crippen LogP contribution >= 0.6 is 0 Å². The van der Waals surface area contributed by atoms with Crippen LogP contribution in [0.25, 0.3) is 10.8 Å². The van der Waals surface area contributed by atoms with Gasteiger partial charge < -0.3 is 5.32 Å². The first-order valence-electron chi connectivity index (χ1n) is 7.69. The van der Waals surface area contributed by atoms with E-state index in [0.717, 1.165) is 19.5 Å². The average molecular weight is 273 g/mol. The van der Waals surface area contributed by atoms with Crippen molar-refractivity contribution in [1.29, 1.82) is 0 Å². The standard InChI is InChI=1S/C20H19N/c1-3-9-17-15(6-1)8-5-11-19(17)20-14-21-13-12-16-7-2-4-10-18(16)20/h1-11,20-21H,12-14H2. The maximum Gasteiger partial charge on any atom is 0.0223 e. The Morgan fingerprint density at radius 1 is 0.762 bits per heavy atom. The molecule has 1 aliphatic heterocycles. The van der Waals surface area contributed by atoms with Crippen LogP contribution in [0.2, 0.25) is 0 Å². The van der Waals surface area contributed by atoms with Crippen LogP contribution in [0.15, 0.2) is 66.7 Å². The molecule has 0 radical (unpaired) electrons. The van der Waals surface area contributed by atoms with Crippen molar-refractivity contribution >= 4 is 10.8 Å². The van der Waals surface area contributed by atoms with E-state index in [0.29, 0.717) is 5.92 Å². The van der Waals surface area contributed by atoms with Gasteiger partial charge in [-0.05, 0) is 40.4 Å². The highest BCUT2D eigenvalue weighted by Gasteiger charge is 2.21. The van der Waals surface area contributed by atoms with Gasteiger partial charge in [0.15, 0.2) is 0 Å². The predicted molar refractivity (Wildman–Crippen MR) is 88.8 cm³/mol. The van der Waals surface area contributed by atoms with Crippen molar-refractivity contribution < 1.29 is 0 Å². The van der Waals surface area contributed by atoms with Crippen molar-refractivity contribution in [3.63, 3.8) is 0 Å². The molecule has 0 amide bonds. The summed E-state index contributed by atoms with van der Waals surface area (Å²) in [4.78, 5) is 0. The third kappa shape index (κ3) is 2.24. The molecule has 0 fully saturated rings. The van der Waals surface area contributed by atoms with Crippen molar-refractivity contribution in [3.8, 4) is 0 Å². The van der Waals surface area contributed by atoms with Crippen LogP contribution in [0, 0.1) is 0 Å². The Morgan fingerprint density at radius 3 is 2.52 bits per heavy atom. The minimum atomic E-state index is 0.440. The molecule has 3 aromatic rings. The van der Waals surface area contributed by atoms with Gasteiger partial charge in [0, 0.05) is 12.5 Å². The zero-order valence-electron chi connectivity index (χ0n) is 12.0. The summed E-state index contributed by atoms with van der Waals surface area (Å²) in [5.74, 6) is 0.440. The fourth-order valence-electron chi connectivity index (χ4n) is 3.51. The fraction of sp³-hybridized carbons (Fsp3) is 0.200. The summed E-state index contributed by atoms with van der Waals surface area (Å²) in [6, 6.07) is 24.3. The van der Waals surface area contributed by atoms with E-state index in [2.05, 4.69) is 72.0 Å². The van der Waals surface area contributed by atoms with Crippen LogP contribution in [-0.2, 0) is 6.42 Å². The Bertz CT molecular complexity index is 770. The zero-order valence-corrected chi connectivity index (χ0v) is 12.0. The molecule has 0 saturated heterocycles. The monoisotopic (exact) mass is 273 g/mol. The molecule has 104 valence electrons. The van der Waals surface area contributed by atoms with Gasteiger partial charge in [0.2, 0.25) is 0 Å². The molecular formula is C20H19N. The van der Waals surface area contributed by atoms with Gasteiger partial charge in [-0.15, -0.1) is 0 Å². The highest BCUT2D eigenvalue weighted by atomic mass is 14.9. The molecule has 1 unspecified atom stereocenters. The van der Waals surface area contributed by atoms with Crippen LogP contribution in [0.5, 0.6) is 0 Å². The van der Waals surface area contributed by atoms with Crippen LogP contribution in [0.3, 0.4) is 0 Å². The third-order valence-corrected chi connectivity index (χ3v) is 4.55. The normalized spacial score (nSPS) is 18.2. The Kier molecular flexibility index (Phi) is 3.21. The summed E-state index contributed by atoms with van der Waals surface area (Å²) in [6.07, 6.45) is 1.12. The SMILES string of the molecule is c1ccc2c(c1)CCNCC2c1cccc2ccccc12. The van der Waals surface area contributed by atoms with Gasteiger partial charge in [-0.25, -0.2) is 0 Å². The van der Waals surface area contributed by atoms with Crippen molar-refractivity contribution in [2.24, 2.45) is 0 Å². The lowest BCUT2D eigenvalue weighted by atomic mass is 9.85. The smallest absolute Gasteiger partial charge is 0.0223 e. The fourth-order valence-corrected chi connectivity index (χ4v) is 3.51. The van der Waals surface area contributed by atoms with Crippen LogP contribution in [0.1, 0.15) is 22.6 Å². The quantitative estimate of drug-likeness (QED) is 0.703. The second-order valence-corrected chi connectivity index (χ2v) is 5.77. The molecule has 0 bridgehead atoms. The van der Waals surface area contributed by atoms with Crippen molar-refractivity contribution in [3.05, 3.63) is 83.4 Å². The van der Waals surface area contributed by atoms with E-state index in [1.807, 2.05) is 0 Å². The Hall–Kier alpha value is -2.12. The van der Waals surface area contributed by atoms with E-state index in [9.17, 15) is 0 Å². The zero-order chi connectivity index (χ0) is 14.1. The lowest BCUT2D eigenvalue weighted by molar-refractivity contribution is 0.667. The van der Waals surface area contributed by atoms with Gasteiger partial charge >= 0.3 is 0 Å². The van der Waals surface area contributed by atoms with Crippen LogP contribution in [-0.4, -0.2) is 13.1 Å². The predicted octanol–water partition coefficient (Wildman–Crippen LogP) is 4.12. The summed E-state index contributed by atoms with van der Waals surface area (Å²) in [5.41, 5.74) is 4.41. The third-order valence-electron chi connectivity index (χ3n) is 4.55. The highest BCUT2D eigenvalue weighted by Crippen LogP contribution is 2.33. The lowest BCUT2D eigenvalue weighted by Crippen LogP contribution is -2.21. The van der Waals surface area contributed by atoms with Gasteiger partial charge in [-0.3, -0.25) is 0 Å². The molecule has 21 heavy (non-hydrogen) atoms. The summed E-state index contributed by atoms with van der Waals surface area (Å²) >= 11 is 0. The molecule has 1 nitrogen and oxygen atoms in total. The molecule has 1 N–H and O–H groups in total. The van der Waals surface area contributed by atoms with E-state index in [1.54, 1.807) is 0 Å². The van der Waals surface area contributed by atoms with Crippen molar-refractivity contribution in [1.82, 2.24) is 5.32 Å². The summed E-state index contributed by atoms with van der Waals surface area (Å²) < 4.78 is 0. The molecular weight excluding hydrogens is 254 g/mol. The largest absolute Gasteiger partial charge is 0.315 e. The van der Waals surface area contributed by atoms with E-state index >= 15 is 0 Å². The van der Waals surface area contributed by atoms with Crippen LogP contribution < -0.4 is 5.32 Å². The first-order chi connectivity index (χ1) is 10.4. The molecule has 1 heterocycles. The number of nitrogens with one attached hydrogen (secondary N) is 1. The Morgan fingerprint density at radius 2 is 1.52 bits per heavy atom. The molecule has 1 heteroatoms. The average Bonchev–Trinajstić information content (AvgIpc) is 2.77. The molecule has 3 aromatic carbocycles. The minimum absolute atomic E-state index is 0.440. The number of benzene rings is 3. The van der Waals surface area contributed by atoms with Gasteiger partial charge in [0.05, 0.1) is 0 Å². The lowest BCUT2D eigenvalue weighted by Gasteiger charge is -2.20. The van der Waals surface area contributed by atoms with E-state index < -0.39 is 0 Å². The molecule has 0 aliphatic carbocycles. The Labute approximate surface area is 125 Å². The maximum absolute atomic E-state index is 3.61. The molecule has 0 saturated carbocycles. The highest BCUT2D eigenvalue weighted by molar-refractivity contribution is 5.86. The summed E-state index contributed by atoms with van der Waals surface area (Å²) in [5, 5.41) is 6.32. The van der Waals surface area contributed by atoms with E-state index in [-0.39, 0.29) is 0 Å². The molecule has 0 spiro atoms. The first kappa shape index (κ1) is 12.6. The van der Waals surface area contributed by atoms with Gasteiger partial charge in [0.1, 0.15) is 0 Å². The first-order valence-corrected chi connectivity index (χ1v) is 7.69. The van der Waals surface area contributed by atoms with Crippen LogP contribution in [0.4, 0.5) is 0 Å². The maximum atomic E-state index is 3.61. The second kappa shape index (κ2) is 5.34. The summed E-state index contributed by atoms with van der Waals surface area (Å²) in [6.45, 7) is 2.09. The van der Waals surface area contributed by atoms with Crippen molar-refractivity contribution in [2.45, 2.75) is 12.3 Å². The van der Waals surface area contributed by atoms with Gasteiger partial charge in [-0.1, -0.05) is 66.7 Å². The number of fused-ring (bicyclic) bond motifs is 2. The Balaban J connectivity index is 1.92. The molecule has 1 aliphatic rings. The molecule has 0 aromatic heterocycles. The topological polar surface area (TPSA) is 12.0 Å². The van der Waals surface area contributed by atoms with Crippen molar-refractivity contribution in [2.75, 3.05) is 13.1 Å². The van der Waals surface area contributed by atoms with E-state index in [4.69, 9.17) is 0 Å². The van der Waals surface area contributed by atoms with Gasteiger partial charge in [0.25, 0.3) is 0 Å². The molecule has 4 rings (SSSR count). The number of hydrogen-bond donors (Lipinski definition) is 1. The number of hydrogen-bond acceptors (Lipinski definition) is 1. The number of rotatable bonds is 1. The van der Waals surface area contributed by atoms with E-state index in [1.165, 1.54) is 27.5 Å². The minimum Gasteiger partial charge on any atom is -0.315 e. The van der Waals surface area contributed by atoms with Gasteiger partial charge in [-0.2, -0.15) is 0 Å². The summed E-state index contributed by atoms with van der Waals surface area (Å²) in [7, 11) is 0. The molecule has 1 atom stereocenters.